The van der Waals surface area contributed by atoms with Crippen LogP contribution >= 0.6 is 9.24 Å². The zero-order chi connectivity index (χ0) is 24.4. The average Bonchev–Trinajstić information content (AvgIpc) is 2.83. The van der Waals surface area contributed by atoms with Crippen molar-refractivity contribution in [2.24, 2.45) is 0 Å². The Morgan fingerprint density at radius 1 is 0.588 bits per heavy atom. The van der Waals surface area contributed by atoms with Crippen LogP contribution in [0.15, 0.2) is 24.3 Å². The Morgan fingerprint density at radius 2 is 1.06 bits per heavy atom. The van der Waals surface area contributed by atoms with E-state index in [0.29, 0.717) is 17.8 Å². The maximum absolute atomic E-state index is 3.08. The number of benzene rings is 2. The first kappa shape index (κ1) is 25.9. The Labute approximate surface area is 212 Å². The predicted molar refractivity (Wildman–Crippen MR) is 155 cm³/mol. The first-order valence-electron chi connectivity index (χ1n) is 14.4. The summed E-state index contributed by atoms with van der Waals surface area (Å²) in [5.41, 5.74) is 11.8. The number of hydrogen-bond acceptors (Lipinski definition) is 0. The third-order valence-corrected chi connectivity index (χ3v) is 9.19. The molecule has 0 aromatic heterocycles. The lowest BCUT2D eigenvalue weighted by atomic mass is 9.66. The normalized spacial score (nSPS) is 18.4. The minimum absolute atomic E-state index is 0.525. The molecule has 0 heterocycles. The fraction of sp³-hybridized carbons (Fsp3) is 0.636. The molecule has 2 aliphatic carbocycles. The predicted octanol–water partition coefficient (Wildman–Crippen LogP) is 10.3. The van der Waals surface area contributed by atoms with E-state index in [-0.39, 0.29) is 0 Å². The molecule has 2 aromatic rings. The third-order valence-electron chi connectivity index (χ3n) is 8.69. The average molecular weight is 477 g/mol. The molecule has 2 aliphatic rings. The quantitative estimate of drug-likeness (QED) is 0.364. The molecule has 0 N–H and O–H groups in total. The SMILES string of the molecule is CC(C)c1c(-c2ccccc2P)c(C2CCCCC2)c(C2CCCCC2)c(C(C)C)c1C(C)C. The van der Waals surface area contributed by atoms with Crippen molar-refractivity contribution in [1.29, 1.82) is 0 Å². The fourth-order valence-corrected chi connectivity index (χ4v) is 7.71. The molecule has 0 bridgehead atoms. The van der Waals surface area contributed by atoms with Crippen LogP contribution in [-0.4, -0.2) is 0 Å². The van der Waals surface area contributed by atoms with Crippen LogP contribution < -0.4 is 5.30 Å². The fourth-order valence-electron chi connectivity index (χ4n) is 7.35. The second-order valence-electron chi connectivity index (χ2n) is 12.2. The van der Waals surface area contributed by atoms with Crippen LogP contribution in [0.1, 0.15) is 163 Å². The first-order chi connectivity index (χ1) is 16.3. The molecular weight excluding hydrogens is 427 g/mol. The van der Waals surface area contributed by atoms with E-state index < -0.39 is 0 Å². The second kappa shape index (κ2) is 11.3. The summed E-state index contributed by atoms with van der Waals surface area (Å²) in [4.78, 5) is 0. The van der Waals surface area contributed by atoms with E-state index in [1.807, 2.05) is 5.56 Å². The van der Waals surface area contributed by atoms with Crippen molar-refractivity contribution in [3.05, 3.63) is 52.1 Å². The molecule has 0 radical (unpaired) electrons. The van der Waals surface area contributed by atoms with Crippen molar-refractivity contribution in [2.45, 2.75) is 135 Å². The maximum atomic E-state index is 3.08. The van der Waals surface area contributed by atoms with Crippen LogP contribution in [-0.2, 0) is 0 Å². The minimum atomic E-state index is 0.525. The Balaban J connectivity index is 2.19. The molecule has 1 heteroatoms. The van der Waals surface area contributed by atoms with Crippen LogP contribution in [0, 0.1) is 0 Å². The van der Waals surface area contributed by atoms with Gasteiger partial charge in [0.05, 0.1) is 0 Å². The molecular formula is C33H49P. The Kier molecular flexibility index (Phi) is 8.61. The van der Waals surface area contributed by atoms with Gasteiger partial charge in [-0.15, -0.1) is 9.24 Å². The van der Waals surface area contributed by atoms with Gasteiger partial charge in [-0.2, -0.15) is 0 Å². The van der Waals surface area contributed by atoms with Gasteiger partial charge in [-0.25, -0.2) is 0 Å². The number of hydrogen-bond donors (Lipinski definition) is 0. The Hall–Kier alpha value is -1.13. The van der Waals surface area contributed by atoms with Gasteiger partial charge >= 0.3 is 0 Å². The van der Waals surface area contributed by atoms with Crippen molar-refractivity contribution in [2.75, 3.05) is 0 Å². The zero-order valence-electron chi connectivity index (χ0n) is 22.8. The lowest BCUT2D eigenvalue weighted by Crippen LogP contribution is -2.22. The minimum Gasteiger partial charge on any atom is -0.105 e. The maximum Gasteiger partial charge on any atom is -0.0102 e. The highest BCUT2D eigenvalue weighted by molar-refractivity contribution is 7.28. The van der Waals surface area contributed by atoms with Gasteiger partial charge in [0.15, 0.2) is 0 Å². The van der Waals surface area contributed by atoms with Crippen molar-refractivity contribution in [3.8, 4) is 11.1 Å². The summed E-state index contributed by atoms with van der Waals surface area (Å²) in [6, 6.07) is 9.19. The van der Waals surface area contributed by atoms with Crippen LogP contribution in [0.25, 0.3) is 11.1 Å². The van der Waals surface area contributed by atoms with Gasteiger partial charge in [0, 0.05) is 0 Å². The molecule has 0 nitrogen and oxygen atoms in total. The second-order valence-corrected chi connectivity index (χ2v) is 12.8. The summed E-state index contributed by atoms with van der Waals surface area (Å²) in [6.07, 6.45) is 14.0. The molecule has 186 valence electrons. The molecule has 2 fully saturated rings. The van der Waals surface area contributed by atoms with Crippen LogP contribution in [0.4, 0.5) is 0 Å². The summed E-state index contributed by atoms with van der Waals surface area (Å²) in [5.74, 6) is 3.12. The van der Waals surface area contributed by atoms with E-state index in [1.165, 1.54) is 75.1 Å². The van der Waals surface area contributed by atoms with Crippen LogP contribution in [0.5, 0.6) is 0 Å². The molecule has 2 saturated carbocycles. The van der Waals surface area contributed by atoms with E-state index in [4.69, 9.17) is 0 Å². The highest BCUT2D eigenvalue weighted by Gasteiger charge is 2.35. The van der Waals surface area contributed by atoms with Crippen molar-refractivity contribution >= 4 is 14.5 Å². The van der Waals surface area contributed by atoms with Gasteiger partial charge in [0.1, 0.15) is 0 Å². The lowest BCUT2D eigenvalue weighted by Gasteiger charge is -2.39. The molecule has 1 unspecified atom stereocenters. The molecule has 0 aliphatic heterocycles. The Morgan fingerprint density at radius 3 is 1.53 bits per heavy atom. The molecule has 4 rings (SSSR count). The van der Waals surface area contributed by atoms with Crippen molar-refractivity contribution in [3.63, 3.8) is 0 Å². The highest BCUT2D eigenvalue weighted by atomic mass is 31.0. The Bertz CT molecular complexity index is 969. The van der Waals surface area contributed by atoms with E-state index in [2.05, 4.69) is 75.0 Å². The molecule has 0 spiro atoms. The first-order valence-corrected chi connectivity index (χ1v) is 15.0. The van der Waals surface area contributed by atoms with Gasteiger partial charge in [-0.1, -0.05) is 104 Å². The molecule has 1 atom stereocenters. The van der Waals surface area contributed by atoms with E-state index in [0.717, 1.165) is 11.8 Å². The highest BCUT2D eigenvalue weighted by Crippen LogP contribution is 2.53. The summed E-state index contributed by atoms with van der Waals surface area (Å²) < 4.78 is 0. The molecule has 0 saturated heterocycles. The van der Waals surface area contributed by atoms with E-state index in [9.17, 15) is 0 Å². The van der Waals surface area contributed by atoms with Gasteiger partial charge < -0.3 is 0 Å². The summed E-state index contributed by atoms with van der Waals surface area (Å²) in [6.45, 7) is 14.8. The van der Waals surface area contributed by atoms with Gasteiger partial charge in [-0.05, 0) is 99.5 Å². The topological polar surface area (TPSA) is 0 Å². The molecule has 2 aromatic carbocycles. The smallest absolute Gasteiger partial charge is 0.0102 e. The summed E-state index contributed by atoms with van der Waals surface area (Å²) >= 11 is 0. The monoisotopic (exact) mass is 476 g/mol. The van der Waals surface area contributed by atoms with Crippen molar-refractivity contribution in [1.82, 2.24) is 0 Å². The van der Waals surface area contributed by atoms with E-state index in [1.54, 1.807) is 27.8 Å². The van der Waals surface area contributed by atoms with E-state index >= 15 is 0 Å². The lowest BCUT2D eigenvalue weighted by molar-refractivity contribution is 0.415. The van der Waals surface area contributed by atoms with Crippen molar-refractivity contribution < 1.29 is 0 Å². The van der Waals surface area contributed by atoms with Crippen LogP contribution in [0.2, 0.25) is 0 Å². The standard InChI is InChI=1S/C33H49P/c1-21(2)28-29(22(3)4)31(24-15-9-7-10-16-24)32(25-17-11-8-12-18-25)33(30(28)23(5)6)26-19-13-14-20-27(26)34/h13-14,19-25H,7-12,15-18,34H2,1-6H3. The summed E-state index contributed by atoms with van der Waals surface area (Å²) in [7, 11) is 3.08. The van der Waals surface area contributed by atoms with Gasteiger partial charge in [0.25, 0.3) is 0 Å². The third kappa shape index (κ3) is 5.05. The zero-order valence-corrected chi connectivity index (χ0v) is 24.0. The van der Waals surface area contributed by atoms with Gasteiger partial charge in [0.2, 0.25) is 0 Å². The van der Waals surface area contributed by atoms with Gasteiger partial charge in [-0.3, -0.25) is 0 Å². The number of rotatable bonds is 6. The van der Waals surface area contributed by atoms with Crippen LogP contribution in [0.3, 0.4) is 0 Å². The molecule has 0 amide bonds. The largest absolute Gasteiger partial charge is 0.105 e. The summed E-state index contributed by atoms with van der Waals surface area (Å²) in [5, 5.41) is 1.36. The molecule has 34 heavy (non-hydrogen) atoms.